The summed E-state index contributed by atoms with van der Waals surface area (Å²) in [6.45, 7) is 8.12. The van der Waals surface area contributed by atoms with Gasteiger partial charge >= 0.3 is 0 Å². The molecule has 0 saturated carbocycles. The minimum absolute atomic E-state index is 0.628. The molecule has 0 atom stereocenters. The number of aryl methyl sites for hydroxylation is 3. The summed E-state index contributed by atoms with van der Waals surface area (Å²) in [6, 6.07) is 9.62. The Morgan fingerprint density at radius 1 is 0.895 bits per heavy atom. The minimum Gasteiger partial charge on any atom is -0.457 e. The molecule has 0 N–H and O–H groups in total. The van der Waals surface area contributed by atoms with Gasteiger partial charge in [-0.3, -0.25) is 4.79 Å². The van der Waals surface area contributed by atoms with Crippen LogP contribution in [0.1, 0.15) is 32.6 Å². The Labute approximate surface area is 114 Å². The van der Waals surface area contributed by atoms with E-state index in [0.29, 0.717) is 5.56 Å². The molecule has 0 aliphatic rings. The van der Waals surface area contributed by atoms with Crippen molar-refractivity contribution in [1.82, 2.24) is 0 Å². The Morgan fingerprint density at radius 2 is 1.53 bits per heavy atom. The number of carbonyl (C=O) groups excluding carboxylic acids is 1. The zero-order chi connectivity index (χ0) is 14.0. The van der Waals surface area contributed by atoms with Gasteiger partial charge in [-0.05, 0) is 56.0 Å². The van der Waals surface area contributed by atoms with Gasteiger partial charge in [0.15, 0.2) is 0 Å². The predicted molar refractivity (Wildman–Crippen MR) is 77.3 cm³/mol. The van der Waals surface area contributed by atoms with E-state index in [4.69, 9.17) is 4.74 Å². The summed E-state index contributed by atoms with van der Waals surface area (Å²) in [4.78, 5) is 10.9. The number of ether oxygens (including phenoxy) is 1. The molecule has 0 unspecified atom stereocenters. The third kappa shape index (κ3) is 2.68. The molecule has 19 heavy (non-hydrogen) atoms. The Hall–Kier alpha value is -2.09. The molecule has 2 aromatic carbocycles. The number of carbonyl (C=O) groups is 1. The monoisotopic (exact) mass is 254 g/mol. The average molecular weight is 254 g/mol. The van der Waals surface area contributed by atoms with E-state index in [0.717, 1.165) is 34.5 Å². The number of aldehydes is 1. The van der Waals surface area contributed by atoms with Gasteiger partial charge < -0.3 is 4.74 Å². The van der Waals surface area contributed by atoms with E-state index in [1.807, 2.05) is 19.9 Å². The fourth-order valence-corrected chi connectivity index (χ4v) is 1.99. The third-order valence-corrected chi connectivity index (χ3v) is 3.43. The van der Waals surface area contributed by atoms with Crippen molar-refractivity contribution < 1.29 is 9.53 Å². The van der Waals surface area contributed by atoms with Gasteiger partial charge in [-0.1, -0.05) is 24.3 Å². The van der Waals surface area contributed by atoms with Crippen LogP contribution in [0.2, 0.25) is 0 Å². The average Bonchev–Trinajstić information content (AvgIpc) is 2.41. The molecule has 2 nitrogen and oxygen atoms in total. The first-order chi connectivity index (χ1) is 9.02. The van der Waals surface area contributed by atoms with E-state index in [9.17, 15) is 4.79 Å². The standard InChI is InChI=1S/C17H18O2/c1-11-5-6-13(3)17(14(11)4)19-16-9-15(10-18)8-7-12(16)2/h5-10H,1-4H3. The zero-order valence-electron chi connectivity index (χ0n) is 11.8. The molecule has 0 bridgehead atoms. The van der Waals surface area contributed by atoms with E-state index in [-0.39, 0.29) is 0 Å². The smallest absolute Gasteiger partial charge is 0.150 e. The highest BCUT2D eigenvalue weighted by molar-refractivity contribution is 5.76. The van der Waals surface area contributed by atoms with Crippen LogP contribution < -0.4 is 4.74 Å². The van der Waals surface area contributed by atoms with E-state index >= 15 is 0 Å². The van der Waals surface area contributed by atoms with Gasteiger partial charge in [0.1, 0.15) is 17.8 Å². The molecular weight excluding hydrogens is 236 g/mol. The second-order valence-corrected chi connectivity index (χ2v) is 4.90. The lowest BCUT2D eigenvalue weighted by Gasteiger charge is -2.15. The maximum Gasteiger partial charge on any atom is 0.150 e. The lowest BCUT2D eigenvalue weighted by Crippen LogP contribution is -1.95. The molecule has 2 aromatic rings. The van der Waals surface area contributed by atoms with Gasteiger partial charge in [0.05, 0.1) is 0 Å². The van der Waals surface area contributed by atoms with Crippen LogP contribution in [-0.4, -0.2) is 6.29 Å². The lowest BCUT2D eigenvalue weighted by atomic mass is 10.1. The number of benzene rings is 2. The van der Waals surface area contributed by atoms with Gasteiger partial charge in [-0.15, -0.1) is 0 Å². The van der Waals surface area contributed by atoms with Crippen molar-refractivity contribution >= 4 is 6.29 Å². The van der Waals surface area contributed by atoms with Gasteiger partial charge in [-0.2, -0.15) is 0 Å². The third-order valence-electron chi connectivity index (χ3n) is 3.43. The maximum absolute atomic E-state index is 10.9. The van der Waals surface area contributed by atoms with Crippen molar-refractivity contribution in [1.29, 1.82) is 0 Å². The topological polar surface area (TPSA) is 26.3 Å². The van der Waals surface area contributed by atoms with Crippen LogP contribution in [0.15, 0.2) is 30.3 Å². The Balaban J connectivity index is 2.47. The summed E-state index contributed by atoms with van der Waals surface area (Å²) in [5, 5.41) is 0. The highest BCUT2D eigenvalue weighted by Gasteiger charge is 2.09. The molecule has 0 amide bonds. The van der Waals surface area contributed by atoms with E-state index < -0.39 is 0 Å². The van der Waals surface area contributed by atoms with Crippen molar-refractivity contribution in [3.8, 4) is 11.5 Å². The van der Waals surface area contributed by atoms with Crippen LogP contribution >= 0.6 is 0 Å². The summed E-state index contributed by atoms with van der Waals surface area (Å²) in [7, 11) is 0. The van der Waals surface area contributed by atoms with Crippen LogP contribution in [0.4, 0.5) is 0 Å². The quantitative estimate of drug-likeness (QED) is 0.752. The van der Waals surface area contributed by atoms with Gasteiger partial charge in [-0.25, -0.2) is 0 Å². The molecule has 0 aliphatic carbocycles. The van der Waals surface area contributed by atoms with Crippen molar-refractivity contribution in [2.45, 2.75) is 27.7 Å². The summed E-state index contributed by atoms with van der Waals surface area (Å²) in [5.74, 6) is 1.62. The molecule has 98 valence electrons. The first kappa shape index (κ1) is 13.3. The van der Waals surface area contributed by atoms with Gasteiger partial charge in [0, 0.05) is 5.56 Å². The molecular formula is C17H18O2. The summed E-state index contributed by atoms with van der Waals surface area (Å²) < 4.78 is 6.04. The summed E-state index contributed by atoms with van der Waals surface area (Å²) >= 11 is 0. The molecule has 0 heterocycles. The highest BCUT2D eigenvalue weighted by Crippen LogP contribution is 2.32. The van der Waals surface area contributed by atoms with Gasteiger partial charge in [0.25, 0.3) is 0 Å². The molecule has 2 rings (SSSR count). The number of hydrogen-bond acceptors (Lipinski definition) is 2. The minimum atomic E-state index is 0.628. The van der Waals surface area contributed by atoms with Crippen LogP contribution in [0.3, 0.4) is 0 Å². The Bertz CT molecular complexity index is 627. The van der Waals surface area contributed by atoms with Crippen molar-refractivity contribution in [2.75, 3.05) is 0 Å². The highest BCUT2D eigenvalue weighted by atomic mass is 16.5. The van der Waals surface area contributed by atoms with Crippen LogP contribution in [0.5, 0.6) is 11.5 Å². The fourth-order valence-electron chi connectivity index (χ4n) is 1.99. The summed E-state index contributed by atoms with van der Waals surface area (Å²) in [6.07, 6.45) is 0.836. The van der Waals surface area contributed by atoms with E-state index in [1.165, 1.54) is 5.56 Å². The van der Waals surface area contributed by atoms with Crippen LogP contribution in [0.25, 0.3) is 0 Å². The molecule has 0 fully saturated rings. The molecule has 0 aliphatic heterocycles. The lowest BCUT2D eigenvalue weighted by molar-refractivity contribution is 0.112. The van der Waals surface area contributed by atoms with E-state index in [1.54, 1.807) is 12.1 Å². The maximum atomic E-state index is 10.9. The van der Waals surface area contributed by atoms with Gasteiger partial charge in [0.2, 0.25) is 0 Å². The fraction of sp³-hybridized carbons (Fsp3) is 0.235. The molecule has 0 saturated heterocycles. The largest absolute Gasteiger partial charge is 0.457 e. The second-order valence-electron chi connectivity index (χ2n) is 4.90. The van der Waals surface area contributed by atoms with Crippen molar-refractivity contribution in [3.63, 3.8) is 0 Å². The molecule has 0 aromatic heterocycles. The predicted octanol–water partition coefficient (Wildman–Crippen LogP) is 4.53. The first-order valence-electron chi connectivity index (χ1n) is 6.33. The van der Waals surface area contributed by atoms with Crippen molar-refractivity contribution in [2.24, 2.45) is 0 Å². The number of rotatable bonds is 3. The Kier molecular flexibility index (Phi) is 3.70. The molecule has 0 spiro atoms. The van der Waals surface area contributed by atoms with E-state index in [2.05, 4.69) is 26.0 Å². The summed E-state index contributed by atoms with van der Waals surface area (Å²) in [5.41, 5.74) is 5.08. The normalized spacial score (nSPS) is 10.3. The number of hydrogen-bond donors (Lipinski definition) is 0. The van der Waals surface area contributed by atoms with Crippen LogP contribution in [-0.2, 0) is 0 Å². The van der Waals surface area contributed by atoms with Crippen molar-refractivity contribution in [3.05, 3.63) is 58.1 Å². The second kappa shape index (κ2) is 5.27. The SMILES string of the molecule is Cc1ccc(C=O)cc1Oc1c(C)ccc(C)c1C. The molecule has 0 radical (unpaired) electrons. The van der Waals surface area contributed by atoms with Crippen LogP contribution in [0, 0.1) is 27.7 Å². The first-order valence-corrected chi connectivity index (χ1v) is 6.33. The zero-order valence-corrected chi connectivity index (χ0v) is 11.8. The molecule has 2 heteroatoms. The Morgan fingerprint density at radius 3 is 2.21 bits per heavy atom.